The molecule has 0 atom stereocenters. The third kappa shape index (κ3) is 3.54. The van der Waals surface area contributed by atoms with Crippen molar-refractivity contribution >= 4 is 72.3 Å². The van der Waals surface area contributed by atoms with E-state index in [4.69, 9.17) is 40.5 Å². The molecule has 1 aromatic carbocycles. The number of sulfonamides is 1. The van der Waals surface area contributed by atoms with Gasteiger partial charge in [-0.3, -0.25) is 4.72 Å². The Kier molecular flexibility index (Phi) is 4.89. The summed E-state index contributed by atoms with van der Waals surface area (Å²) in [5, 5.41) is 0.312. The molecule has 0 fully saturated rings. The van der Waals surface area contributed by atoms with Crippen molar-refractivity contribution in [2.45, 2.75) is 4.90 Å². The monoisotopic (exact) mass is 429 g/mol. The number of benzene rings is 1. The SMILES string of the molecule is Nc1ncc(S(=O)(=O)Nc2ccc(Br)c(Cl)c2Cl)cc1Cl. The van der Waals surface area contributed by atoms with Gasteiger partial charge in [-0.15, -0.1) is 0 Å². The van der Waals surface area contributed by atoms with Crippen molar-refractivity contribution in [3.05, 3.63) is 43.9 Å². The molecule has 1 heterocycles. The highest BCUT2D eigenvalue weighted by Gasteiger charge is 2.19. The summed E-state index contributed by atoms with van der Waals surface area (Å²) in [6, 6.07) is 4.24. The summed E-state index contributed by atoms with van der Waals surface area (Å²) in [6.07, 6.45) is 1.10. The van der Waals surface area contributed by atoms with Crippen LogP contribution in [0.15, 0.2) is 33.8 Å². The fraction of sp³-hybridized carbons (Fsp3) is 0. The minimum absolute atomic E-state index is 0.0396. The summed E-state index contributed by atoms with van der Waals surface area (Å²) in [5.74, 6) is 0.0420. The van der Waals surface area contributed by atoms with E-state index in [0.717, 1.165) is 6.20 Å². The lowest BCUT2D eigenvalue weighted by Crippen LogP contribution is -2.14. The molecule has 0 saturated heterocycles. The number of pyridine rings is 1. The fourth-order valence-electron chi connectivity index (χ4n) is 1.39. The van der Waals surface area contributed by atoms with Gasteiger partial charge in [0.05, 0.1) is 20.8 Å². The molecular formula is C11H7BrCl3N3O2S. The molecule has 0 bridgehead atoms. The van der Waals surface area contributed by atoms with Crippen LogP contribution in [0.4, 0.5) is 11.5 Å². The lowest BCUT2D eigenvalue weighted by molar-refractivity contribution is 0.601. The van der Waals surface area contributed by atoms with Gasteiger partial charge in [0, 0.05) is 10.7 Å². The van der Waals surface area contributed by atoms with Crippen molar-refractivity contribution < 1.29 is 8.42 Å². The van der Waals surface area contributed by atoms with E-state index < -0.39 is 10.0 Å². The number of nitrogens with one attached hydrogen (secondary N) is 1. The number of hydrogen-bond acceptors (Lipinski definition) is 4. The Morgan fingerprint density at radius 2 is 1.86 bits per heavy atom. The van der Waals surface area contributed by atoms with Crippen LogP contribution >= 0.6 is 50.7 Å². The molecule has 112 valence electrons. The van der Waals surface area contributed by atoms with Crippen LogP contribution in [-0.4, -0.2) is 13.4 Å². The highest BCUT2D eigenvalue weighted by molar-refractivity contribution is 9.10. The van der Waals surface area contributed by atoms with Crippen LogP contribution in [0.1, 0.15) is 0 Å². The molecule has 0 saturated carbocycles. The Hall–Kier alpha value is -0.730. The highest BCUT2D eigenvalue weighted by Crippen LogP contribution is 2.36. The molecule has 0 radical (unpaired) electrons. The molecule has 10 heteroatoms. The molecule has 2 rings (SSSR count). The number of nitrogens with two attached hydrogens (primary N) is 1. The number of hydrogen-bond donors (Lipinski definition) is 2. The summed E-state index contributed by atoms with van der Waals surface area (Å²) in [7, 11) is -3.92. The van der Waals surface area contributed by atoms with Crippen LogP contribution in [0, 0.1) is 0 Å². The third-order valence-corrected chi connectivity index (χ3v) is 5.84. The zero-order valence-corrected chi connectivity index (χ0v) is 14.7. The number of nitrogen functional groups attached to an aromatic ring is 1. The Morgan fingerprint density at radius 1 is 1.19 bits per heavy atom. The summed E-state index contributed by atoms with van der Waals surface area (Å²) in [5.41, 5.74) is 5.58. The number of nitrogens with zero attached hydrogens (tertiary/aromatic N) is 1. The molecule has 5 nitrogen and oxygen atoms in total. The van der Waals surface area contributed by atoms with Gasteiger partial charge in [-0.1, -0.05) is 34.8 Å². The van der Waals surface area contributed by atoms with E-state index in [0.29, 0.717) is 4.47 Å². The number of halogens is 4. The van der Waals surface area contributed by atoms with E-state index >= 15 is 0 Å². The van der Waals surface area contributed by atoms with Crippen LogP contribution in [0.25, 0.3) is 0 Å². The van der Waals surface area contributed by atoms with Crippen LogP contribution in [-0.2, 0) is 10.0 Å². The van der Waals surface area contributed by atoms with Crippen LogP contribution in [0.5, 0.6) is 0 Å². The summed E-state index contributed by atoms with van der Waals surface area (Å²) in [6.45, 7) is 0. The van der Waals surface area contributed by atoms with E-state index in [2.05, 4.69) is 25.6 Å². The molecule has 0 spiro atoms. The second-order valence-corrected chi connectivity index (χ2v) is 7.57. The van der Waals surface area contributed by atoms with E-state index in [1.807, 2.05) is 0 Å². The van der Waals surface area contributed by atoms with Crippen molar-refractivity contribution in [3.63, 3.8) is 0 Å². The molecule has 0 aliphatic heterocycles. The second-order valence-electron chi connectivity index (χ2n) is 3.87. The molecule has 0 aliphatic carbocycles. The lowest BCUT2D eigenvalue weighted by atomic mass is 10.3. The topological polar surface area (TPSA) is 85.1 Å². The Morgan fingerprint density at radius 3 is 2.48 bits per heavy atom. The van der Waals surface area contributed by atoms with Gasteiger partial charge in [0.15, 0.2) is 0 Å². The lowest BCUT2D eigenvalue weighted by Gasteiger charge is -2.11. The van der Waals surface area contributed by atoms with Gasteiger partial charge >= 0.3 is 0 Å². The first kappa shape index (κ1) is 16.6. The van der Waals surface area contributed by atoms with E-state index in [-0.39, 0.29) is 31.5 Å². The number of rotatable bonds is 3. The maximum absolute atomic E-state index is 12.2. The third-order valence-electron chi connectivity index (χ3n) is 2.43. The van der Waals surface area contributed by atoms with Gasteiger partial charge in [0.25, 0.3) is 10.0 Å². The van der Waals surface area contributed by atoms with Crippen molar-refractivity contribution in [3.8, 4) is 0 Å². The Balaban J connectivity index is 2.42. The summed E-state index contributed by atoms with van der Waals surface area (Å²) in [4.78, 5) is 3.56. The van der Waals surface area contributed by atoms with Crippen LogP contribution < -0.4 is 10.5 Å². The molecule has 3 N–H and O–H groups in total. The van der Waals surface area contributed by atoms with Crippen molar-refractivity contribution in [2.24, 2.45) is 0 Å². The molecule has 2 aromatic rings. The smallest absolute Gasteiger partial charge is 0.263 e. The first-order valence-corrected chi connectivity index (χ1v) is 8.70. The predicted octanol–water partition coefficient (Wildman–Crippen LogP) is 4.19. The van der Waals surface area contributed by atoms with Crippen LogP contribution in [0.3, 0.4) is 0 Å². The average Bonchev–Trinajstić information content (AvgIpc) is 2.42. The minimum atomic E-state index is -3.92. The number of anilines is 2. The summed E-state index contributed by atoms with van der Waals surface area (Å²) < 4.78 is 27.4. The number of aromatic nitrogens is 1. The molecule has 0 amide bonds. The van der Waals surface area contributed by atoms with Gasteiger partial charge in [0.2, 0.25) is 0 Å². The Labute approximate surface area is 144 Å². The van der Waals surface area contributed by atoms with Crippen LogP contribution in [0.2, 0.25) is 15.1 Å². The Bertz CT molecular complexity index is 815. The van der Waals surface area contributed by atoms with Gasteiger partial charge in [-0.2, -0.15) is 0 Å². The molecule has 1 aromatic heterocycles. The van der Waals surface area contributed by atoms with Gasteiger partial charge in [0.1, 0.15) is 10.7 Å². The quantitative estimate of drug-likeness (QED) is 0.714. The standard InChI is InChI=1S/C11H7BrCl3N3O2S/c12-6-1-2-8(10(15)9(6)14)18-21(19,20)5-3-7(13)11(16)17-4-5/h1-4,18H,(H2,16,17). The molecule has 0 unspecified atom stereocenters. The van der Waals surface area contributed by atoms with Gasteiger partial charge in [-0.05, 0) is 34.1 Å². The van der Waals surface area contributed by atoms with E-state index in [1.54, 1.807) is 6.07 Å². The van der Waals surface area contributed by atoms with E-state index in [9.17, 15) is 8.42 Å². The minimum Gasteiger partial charge on any atom is -0.382 e. The van der Waals surface area contributed by atoms with Crippen molar-refractivity contribution in [1.29, 1.82) is 0 Å². The maximum Gasteiger partial charge on any atom is 0.263 e. The largest absolute Gasteiger partial charge is 0.382 e. The zero-order chi connectivity index (χ0) is 15.8. The van der Waals surface area contributed by atoms with Gasteiger partial charge < -0.3 is 5.73 Å². The molecular weight excluding hydrogens is 424 g/mol. The first-order chi connectivity index (χ1) is 9.72. The highest BCUT2D eigenvalue weighted by atomic mass is 79.9. The van der Waals surface area contributed by atoms with E-state index in [1.165, 1.54) is 12.1 Å². The normalized spacial score (nSPS) is 11.4. The fourth-order valence-corrected chi connectivity index (χ4v) is 3.54. The summed E-state index contributed by atoms with van der Waals surface area (Å²) >= 11 is 20.9. The zero-order valence-electron chi connectivity index (χ0n) is 10.1. The average molecular weight is 432 g/mol. The van der Waals surface area contributed by atoms with Crippen molar-refractivity contribution in [1.82, 2.24) is 4.98 Å². The molecule has 0 aliphatic rings. The first-order valence-electron chi connectivity index (χ1n) is 5.29. The maximum atomic E-state index is 12.2. The predicted molar refractivity (Wildman–Crippen MR) is 88.6 cm³/mol. The second kappa shape index (κ2) is 6.18. The van der Waals surface area contributed by atoms with Gasteiger partial charge in [-0.25, -0.2) is 13.4 Å². The van der Waals surface area contributed by atoms with Crippen molar-refractivity contribution in [2.75, 3.05) is 10.5 Å². The molecule has 21 heavy (non-hydrogen) atoms.